The number of hydrogen-bond donors (Lipinski definition) is 1. The van der Waals surface area contributed by atoms with E-state index >= 15 is 0 Å². The fourth-order valence-electron chi connectivity index (χ4n) is 3.46. The Labute approximate surface area is 146 Å². The van der Waals surface area contributed by atoms with Crippen LogP contribution in [0.3, 0.4) is 0 Å². The van der Waals surface area contributed by atoms with Crippen LogP contribution < -0.4 is 0 Å². The van der Waals surface area contributed by atoms with E-state index in [1.807, 2.05) is 4.90 Å². The summed E-state index contributed by atoms with van der Waals surface area (Å²) >= 11 is 1.73. The number of H-pyrrole nitrogens is 1. The van der Waals surface area contributed by atoms with E-state index in [4.69, 9.17) is 0 Å². The van der Waals surface area contributed by atoms with Gasteiger partial charge in [0.05, 0.1) is 0 Å². The summed E-state index contributed by atoms with van der Waals surface area (Å²) in [5, 5.41) is 11.8. The van der Waals surface area contributed by atoms with E-state index in [1.165, 1.54) is 5.56 Å². The summed E-state index contributed by atoms with van der Waals surface area (Å²) in [6.07, 6.45) is 0.933. The van der Waals surface area contributed by atoms with Gasteiger partial charge in [-0.25, -0.2) is 0 Å². The molecule has 4 rings (SSSR count). The Hall–Kier alpha value is -1.70. The summed E-state index contributed by atoms with van der Waals surface area (Å²) in [4.78, 5) is 19.5. The number of piperazine rings is 1. The van der Waals surface area contributed by atoms with Crippen molar-refractivity contribution in [1.82, 2.24) is 24.9 Å². The fraction of sp³-hybridized carbons (Fsp3) is 0.529. The van der Waals surface area contributed by atoms with Crippen molar-refractivity contribution in [3.8, 4) is 0 Å². The molecule has 6 nitrogen and oxygen atoms in total. The van der Waals surface area contributed by atoms with Crippen LogP contribution in [0.1, 0.15) is 27.3 Å². The first-order valence-corrected chi connectivity index (χ1v) is 9.42. The number of likely N-dealkylation sites (N-methyl/N-ethyl adjacent to an activating group) is 1. The van der Waals surface area contributed by atoms with Crippen molar-refractivity contribution < 1.29 is 4.79 Å². The molecule has 1 fully saturated rings. The van der Waals surface area contributed by atoms with Crippen molar-refractivity contribution in [2.75, 3.05) is 39.8 Å². The van der Waals surface area contributed by atoms with Crippen molar-refractivity contribution in [2.45, 2.75) is 19.5 Å². The van der Waals surface area contributed by atoms with Gasteiger partial charge in [0.15, 0.2) is 5.69 Å². The Morgan fingerprint density at radius 1 is 1.29 bits per heavy atom. The minimum Gasteiger partial charge on any atom is -0.335 e. The van der Waals surface area contributed by atoms with E-state index in [9.17, 15) is 4.79 Å². The van der Waals surface area contributed by atoms with Gasteiger partial charge in [-0.05, 0) is 29.4 Å². The number of thiophene rings is 1. The topological polar surface area (TPSA) is 55.5 Å². The number of carbonyl (C=O) groups excluding carboxylic acids is 1. The van der Waals surface area contributed by atoms with Gasteiger partial charge in [-0.15, -0.1) is 0 Å². The van der Waals surface area contributed by atoms with Gasteiger partial charge in [0, 0.05) is 63.5 Å². The predicted molar refractivity (Wildman–Crippen MR) is 94.1 cm³/mol. The summed E-state index contributed by atoms with van der Waals surface area (Å²) < 4.78 is 0. The van der Waals surface area contributed by atoms with Crippen molar-refractivity contribution in [1.29, 1.82) is 0 Å². The summed E-state index contributed by atoms with van der Waals surface area (Å²) in [6, 6.07) is 2.17. The third kappa shape index (κ3) is 3.11. The molecule has 128 valence electrons. The first-order valence-electron chi connectivity index (χ1n) is 8.48. The summed E-state index contributed by atoms with van der Waals surface area (Å²) in [6.45, 7) is 6.19. The molecule has 0 bridgehead atoms. The molecule has 2 aromatic heterocycles. The molecule has 1 N–H and O–H groups in total. The lowest BCUT2D eigenvalue weighted by atomic mass is 10.0. The molecule has 2 aliphatic rings. The largest absolute Gasteiger partial charge is 0.335 e. The van der Waals surface area contributed by atoms with Crippen molar-refractivity contribution in [2.24, 2.45) is 0 Å². The second kappa shape index (κ2) is 6.66. The minimum atomic E-state index is 0.0815. The second-order valence-corrected chi connectivity index (χ2v) is 7.50. The number of amides is 1. The number of aromatic amines is 1. The molecular formula is C17H23N5OS. The van der Waals surface area contributed by atoms with Gasteiger partial charge in [0.2, 0.25) is 0 Å². The normalized spacial score (nSPS) is 19.5. The molecule has 2 aromatic rings. The van der Waals surface area contributed by atoms with Gasteiger partial charge in [0.1, 0.15) is 0 Å². The Balaban J connectivity index is 1.49. The molecule has 1 saturated heterocycles. The first-order chi connectivity index (χ1) is 11.7. The third-order valence-corrected chi connectivity index (χ3v) is 5.72. The number of nitrogens with zero attached hydrogens (tertiary/aromatic N) is 4. The Kier molecular flexibility index (Phi) is 4.39. The molecule has 0 radical (unpaired) electrons. The molecule has 0 aliphatic carbocycles. The maximum Gasteiger partial charge on any atom is 0.274 e. The average Bonchev–Trinajstić information content (AvgIpc) is 3.24. The minimum absolute atomic E-state index is 0.0815. The van der Waals surface area contributed by atoms with Crippen LogP contribution in [-0.4, -0.2) is 70.6 Å². The quantitative estimate of drug-likeness (QED) is 0.914. The van der Waals surface area contributed by atoms with E-state index in [0.717, 1.165) is 63.5 Å². The number of carbonyl (C=O) groups is 1. The molecule has 0 unspecified atom stereocenters. The molecular weight excluding hydrogens is 322 g/mol. The van der Waals surface area contributed by atoms with Crippen LogP contribution in [0.25, 0.3) is 0 Å². The molecule has 4 heterocycles. The molecule has 2 aliphatic heterocycles. The lowest BCUT2D eigenvalue weighted by Gasteiger charge is -2.32. The highest BCUT2D eigenvalue weighted by Gasteiger charge is 2.29. The van der Waals surface area contributed by atoms with Gasteiger partial charge in [-0.2, -0.15) is 16.4 Å². The number of aromatic nitrogens is 2. The van der Waals surface area contributed by atoms with E-state index in [2.05, 4.69) is 43.9 Å². The van der Waals surface area contributed by atoms with E-state index < -0.39 is 0 Å². The van der Waals surface area contributed by atoms with E-state index in [-0.39, 0.29) is 5.91 Å². The van der Waals surface area contributed by atoms with Crippen LogP contribution in [-0.2, 0) is 19.5 Å². The van der Waals surface area contributed by atoms with Crippen LogP contribution in [0.5, 0.6) is 0 Å². The zero-order valence-electron chi connectivity index (χ0n) is 14.0. The van der Waals surface area contributed by atoms with Crippen molar-refractivity contribution >= 4 is 17.2 Å². The van der Waals surface area contributed by atoms with Crippen LogP contribution in [0, 0.1) is 0 Å². The number of hydrogen-bond acceptors (Lipinski definition) is 5. The Bertz CT molecular complexity index is 703. The van der Waals surface area contributed by atoms with Gasteiger partial charge in [-0.3, -0.25) is 14.8 Å². The lowest BCUT2D eigenvalue weighted by molar-refractivity contribution is 0.0655. The molecule has 7 heteroatoms. The van der Waals surface area contributed by atoms with Crippen molar-refractivity contribution in [3.63, 3.8) is 0 Å². The molecule has 0 atom stereocenters. The SMILES string of the molecule is CN1CCN(C(=O)c2n[nH]c3c2CN(Cc2ccsc2)CC3)CC1. The number of nitrogens with one attached hydrogen (secondary N) is 1. The number of fused-ring (bicyclic) bond motifs is 1. The zero-order chi connectivity index (χ0) is 16.5. The van der Waals surface area contributed by atoms with Gasteiger partial charge < -0.3 is 9.80 Å². The third-order valence-electron chi connectivity index (χ3n) is 4.99. The maximum atomic E-state index is 12.9. The number of rotatable bonds is 3. The smallest absolute Gasteiger partial charge is 0.274 e. The predicted octanol–water partition coefficient (Wildman–Crippen LogP) is 1.42. The monoisotopic (exact) mass is 345 g/mol. The highest BCUT2D eigenvalue weighted by Crippen LogP contribution is 2.23. The fourth-order valence-corrected chi connectivity index (χ4v) is 4.12. The summed E-state index contributed by atoms with van der Waals surface area (Å²) in [7, 11) is 2.10. The standard InChI is InChI=1S/C17H23N5OS/c1-20-5-7-22(8-6-20)17(23)16-14-11-21(4-2-15(14)18-19-16)10-13-3-9-24-12-13/h3,9,12H,2,4-8,10-11H2,1H3,(H,18,19). The van der Waals surface area contributed by atoms with Gasteiger partial charge >= 0.3 is 0 Å². The maximum absolute atomic E-state index is 12.9. The Morgan fingerprint density at radius 2 is 2.12 bits per heavy atom. The molecule has 1 amide bonds. The summed E-state index contributed by atoms with van der Waals surface area (Å²) in [5.41, 5.74) is 4.21. The van der Waals surface area contributed by atoms with Crippen LogP contribution in [0.4, 0.5) is 0 Å². The first kappa shape index (κ1) is 15.8. The molecule has 0 spiro atoms. The van der Waals surface area contributed by atoms with Crippen molar-refractivity contribution in [3.05, 3.63) is 39.3 Å². The van der Waals surface area contributed by atoms with Gasteiger partial charge in [0.25, 0.3) is 5.91 Å². The highest BCUT2D eigenvalue weighted by molar-refractivity contribution is 7.07. The molecule has 24 heavy (non-hydrogen) atoms. The highest BCUT2D eigenvalue weighted by atomic mass is 32.1. The van der Waals surface area contributed by atoms with E-state index in [0.29, 0.717) is 5.69 Å². The lowest BCUT2D eigenvalue weighted by Crippen LogP contribution is -2.47. The Morgan fingerprint density at radius 3 is 2.88 bits per heavy atom. The van der Waals surface area contributed by atoms with Crippen LogP contribution >= 0.6 is 11.3 Å². The average molecular weight is 345 g/mol. The molecule has 0 aromatic carbocycles. The summed E-state index contributed by atoms with van der Waals surface area (Å²) in [5.74, 6) is 0.0815. The second-order valence-electron chi connectivity index (χ2n) is 6.72. The van der Waals surface area contributed by atoms with Crippen LogP contribution in [0.15, 0.2) is 16.8 Å². The van der Waals surface area contributed by atoms with Gasteiger partial charge in [-0.1, -0.05) is 0 Å². The zero-order valence-corrected chi connectivity index (χ0v) is 14.8. The van der Waals surface area contributed by atoms with Crippen LogP contribution in [0.2, 0.25) is 0 Å². The van der Waals surface area contributed by atoms with E-state index in [1.54, 1.807) is 11.3 Å². The molecule has 0 saturated carbocycles.